The fraction of sp³-hybridized carbons (Fsp3) is 0.200. The van der Waals surface area contributed by atoms with Gasteiger partial charge in [0.2, 0.25) is 0 Å². The summed E-state index contributed by atoms with van der Waals surface area (Å²) in [6.07, 6.45) is 0. The lowest BCUT2D eigenvalue weighted by atomic mass is 10.1. The standard InChI is InChI=1S/C15H10N4O3/c1-21-14-4-13(11(8-18)9-19)15(22-3-2-20)5-12(14)10(6-16)7-17/h4-5,20H,2-3H2,1H3. The molecule has 1 rings (SSSR count). The van der Waals surface area contributed by atoms with Gasteiger partial charge in [-0.2, -0.15) is 21.0 Å². The highest BCUT2D eigenvalue weighted by Gasteiger charge is 2.10. The molecule has 108 valence electrons. The Morgan fingerprint density at radius 2 is 1.41 bits per heavy atom. The van der Waals surface area contributed by atoms with Crippen molar-refractivity contribution in [1.29, 1.82) is 21.0 Å². The van der Waals surface area contributed by atoms with Crippen LogP contribution in [0.5, 0.6) is 11.5 Å². The van der Waals surface area contributed by atoms with Crippen LogP contribution in [0.2, 0.25) is 0 Å². The largest absolute Gasteiger partial charge is 0.496 e. The Bertz CT molecular complexity index is 829. The molecule has 0 aromatic heterocycles. The Morgan fingerprint density at radius 3 is 1.82 bits per heavy atom. The Kier molecular flexibility index (Phi) is 5.95. The molecule has 0 saturated carbocycles. The third kappa shape index (κ3) is 3.32. The van der Waals surface area contributed by atoms with Crippen LogP contribution in [0.1, 0.15) is 0 Å². The van der Waals surface area contributed by atoms with Gasteiger partial charge in [0.1, 0.15) is 53.5 Å². The van der Waals surface area contributed by atoms with Crippen molar-refractivity contribution < 1.29 is 14.6 Å². The second kappa shape index (κ2) is 7.92. The number of aliphatic hydroxyl groups is 1. The van der Waals surface area contributed by atoms with E-state index in [0.29, 0.717) is 0 Å². The van der Waals surface area contributed by atoms with Crippen molar-refractivity contribution in [2.75, 3.05) is 20.3 Å². The first-order valence-electron chi connectivity index (χ1n) is 5.97. The number of nitriles is 4. The molecular formula is C15H10N4O3. The maximum Gasteiger partial charge on any atom is 0.140 e. The number of hydrogen-bond donors (Lipinski definition) is 1. The minimum atomic E-state index is -0.275. The molecule has 0 aliphatic heterocycles. The van der Waals surface area contributed by atoms with Crippen molar-refractivity contribution in [2.24, 2.45) is 0 Å². The zero-order valence-corrected chi connectivity index (χ0v) is 11.6. The number of aliphatic hydroxyl groups excluding tert-OH is 1. The molecule has 0 saturated heterocycles. The fourth-order valence-corrected chi connectivity index (χ4v) is 1.69. The summed E-state index contributed by atoms with van der Waals surface area (Å²) in [4.78, 5) is 0. The lowest BCUT2D eigenvalue weighted by Crippen LogP contribution is -2.20. The summed E-state index contributed by atoms with van der Waals surface area (Å²) in [5, 5.41) is 45.1. The van der Waals surface area contributed by atoms with Crippen molar-refractivity contribution in [1.82, 2.24) is 0 Å². The van der Waals surface area contributed by atoms with Crippen molar-refractivity contribution in [2.45, 2.75) is 0 Å². The van der Waals surface area contributed by atoms with Gasteiger partial charge in [0.05, 0.1) is 13.7 Å². The molecule has 0 spiro atoms. The molecule has 0 atom stereocenters. The molecule has 1 aromatic rings. The molecule has 1 N–H and O–H groups in total. The third-order valence-electron chi connectivity index (χ3n) is 2.64. The first-order valence-corrected chi connectivity index (χ1v) is 5.97. The monoisotopic (exact) mass is 294 g/mol. The summed E-state index contributed by atoms with van der Waals surface area (Å²) < 4.78 is 10.4. The van der Waals surface area contributed by atoms with Gasteiger partial charge in [-0.25, -0.2) is 0 Å². The van der Waals surface area contributed by atoms with Crippen LogP contribution in [-0.2, 0) is 0 Å². The second-order valence-corrected chi connectivity index (χ2v) is 3.82. The van der Waals surface area contributed by atoms with E-state index in [1.54, 1.807) is 24.3 Å². The van der Waals surface area contributed by atoms with Gasteiger partial charge in [-0.3, -0.25) is 0 Å². The molecule has 0 fully saturated rings. The zero-order valence-electron chi connectivity index (χ0n) is 11.6. The Morgan fingerprint density at radius 1 is 0.955 bits per heavy atom. The zero-order chi connectivity index (χ0) is 16.5. The van der Waals surface area contributed by atoms with Crippen molar-refractivity contribution in [3.05, 3.63) is 22.6 Å². The molecule has 0 unspecified atom stereocenters. The van der Waals surface area contributed by atoms with Crippen molar-refractivity contribution >= 4 is 11.1 Å². The average Bonchev–Trinajstić information content (AvgIpc) is 2.56. The molecule has 1 aromatic carbocycles. The van der Waals surface area contributed by atoms with E-state index in [0.717, 1.165) is 0 Å². The van der Waals surface area contributed by atoms with Gasteiger partial charge in [0, 0.05) is 10.4 Å². The number of methoxy groups -OCH3 is 1. The van der Waals surface area contributed by atoms with Crippen LogP contribution in [-0.4, -0.2) is 25.4 Å². The summed E-state index contributed by atoms with van der Waals surface area (Å²) in [6.45, 7) is -0.348. The highest BCUT2D eigenvalue weighted by Crippen LogP contribution is 2.10. The molecule has 0 aliphatic carbocycles. The smallest absolute Gasteiger partial charge is 0.140 e. The van der Waals surface area contributed by atoms with Crippen LogP contribution in [0, 0.1) is 45.3 Å². The van der Waals surface area contributed by atoms with Gasteiger partial charge >= 0.3 is 0 Å². The first-order chi connectivity index (χ1) is 10.7. The molecule has 7 nitrogen and oxygen atoms in total. The van der Waals surface area contributed by atoms with Gasteiger partial charge < -0.3 is 14.6 Å². The Labute approximate surface area is 126 Å². The van der Waals surface area contributed by atoms with Gasteiger partial charge in [-0.05, 0) is 12.1 Å². The van der Waals surface area contributed by atoms with Gasteiger partial charge in [-0.1, -0.05) is 0 Å². The summed E-state index contributed by atoms with van der Waals surface area (Å²) in [5.41, 5.74) is -0.416. The number of nitrogens with zero attached hydrogens (tertiary/aromatic N) is 4. The molecule has 0 bridgehead atoms. The second-order valence-electron chi connectivity index (χ2n) is 3.82. The van der Waals surface area contributed by atoms with Crippen LogP contribution in [0.15, 0.2) is 12.1 Å². The quantitative estimate of drug-likeness (QED) is 0.788. The minimum absolute atomic E-state index is 0.0721. The number of ether oxygens (including phenoxy) is 2. The van der Waals surface area contributed by atoms with E-state index in [1.165, 1.54) is 19.2 Å². The van der Waals surface area contributed by atoms with Crippen LogP contribution < -0.4 is 19.9 Å². The van der Waals surface area contributed by atoms with Crippen LogP contribution in [0.3, 0.4) is 0 Å². The molecule has 0 amide bonds. The van der Waals surface area contributed by atoms with E-state index < -0.39 is 0 Å². The van der Waals surface area contributed by atoms with E-state index >= 15 is 0 Å². The summed E-state index contributed by atoms with van der Waals surface area (Å²) in [5.74, 6) is 0.262. The molecule has 22 heavy (non-hydrogen) atoms. The Balaban J connectivity index is 3.95. The van der Waals surface area contributed by atoms with Crippen LogP contribution >= 0.6 is 0 Å². The lowest BCUT2D eigenvalue weighted by molar-refractivity contribution is 0.200. The first kappa shape index (κ1) is 16.5. The molecular weight excluding hydrogens is 284 g/mol. The third-order valence-corrected chi connectivity index (χ3v) is 2.64. The topological polar surface area (TPSA) is 134 Å². The number of hydrogen-bond acceptors (Lipinski definition) is 7. The molecule has 0 aliphatic rings. The summed E-state index contributed by atoms with van der Waals surface area (Å²) in [7, 11) is 1.33. The normalized spacial score (nSPS) is 8.64. The number of benzene rings is 1. The molecule has 0 radical (unpaired) electrons. The van der Waals surface area contributed by atoms with Crippen molar-refractivity contribution in [3.8, 4) is 35.8 Å². The predicted molar refractivity (Wildman–Crippen MR) is 74.1 cm³/mol. The van der Waals surface area contributed by atoms with Gasteiger partial charge in [-0.15, -0.1) is 0 Å². The van der Waals surface area contributed by atoms with E-state index in [9.17, 15) is 0 Å². The number of rotatable bonds is 4. The highest BCUT2D eigenvalue weighted by molar-refractivity contribution is 5.77. The average molecular weight is 294 g/mol. The molecule has 7 heteroatoms. The molecule has 0 heterocycles. The van der Waals surface area contributed by atoms with Gasteiger partial charge in [0.15, 0.2) is 0 Å². The SMILES string of the molecule is COc1cc(=C(C#N)C#N)c(OCCO)cc1=C(C#N)C#N. The summed E-state index contributed by atoms with van der Waals surface area (Å²) >= 11 is 0. The lowest BCUT2D eigenvalue weighted by Gasteiger charge is -2.08. The highest BCUT2D eigenvalue weighted by atomic mass is 16.5. The van der Waals surface area contributed by atoms with Crippen molar-refractivity contribution in [3.63, 3.8) is 0 Å². The predicted octanol–water partition coefficient (Wildman–Crippen LogP) is -0.538. The van der Waals surface area contributed by atoms with Gasteiger partial charge in [0.25, 0.3) is 0 Å². The minimum Gasteiger partial charge on any atom is -0.496 e. The van der Waals surface area contributed by atoms with E-state index in [4.69, 9.17) is 35.6 Å². The van der Waals surface area contributed by atoms with E-state index in [2.05, 4.69) is 0 Å². The van der Waals surface area contributed by atoms with E-state index in [-0.39, 0.29) is 46.3 Å². The summed E-state index contributed by atoms with van der Waals surface area (Å²) in [6, 6.07) is 9.62. The van der Waals surface area contributed by atoms with E-state index in [1.807, 2.05) is 0 Å². The maximum atomic E-state index is 9.00. The van der Waals surface area contributed by atoms with Crippen LogP contribution in [0.4, 0.5) is 0 Å². The Hall–Kier alpha value is -3.52. The maximum absolute atomic E-state index is 9.00. The van der Waals surface area contributed by atoms with Crippen LogP contribution in [0.25, 0.3) is 11.1 Å². The fourth-order valence-electron chi connectivity index (χ4n) is 1.69.